The summed E-state index contributed by atoms with van der Waals surface area (Å²) >= 11 is 9.41. The van der Waals surface area contributed by atoms with Crippen LogP contribution >= 0.6 is 27.5 Å². The lowest BCUT2D eigenvalue weighted by molar-refractivity contribution is -0.141. The highest BCUT2D eigenvalue weighted by Gasteiger charge is 2.33. The maximum Gasteiger partial charge on any atom is 0.435 e. The van der Waals surface area contributed by atoms with Crippen LogP contribution < -0.4 is 5.32 Å². The molecule has 3 aromatic rings. The number of amides is 1. The van der Waals surface area contributed by atoms with E-state index in [0.717, 1.165) is 22.5 Å². The SMILES string of the molecule is O=C(Cn1ccc(C(F)(F)F)n1)Nc1nn(Cc2ccccc2Cl)cc1Br. The van der Waals surface area contributed by atoms with Crippen molar-refractivity contribution in [3.05, 3.63) is 63.5 Å². The summed E-state index contributed by atoms with van der Waals surface area (Å²) in [5, 5.41) is 10.7. The molecule has 0 saturated heterocycles. The third-order valence-electron chi connectivity index (χ3n) is 3.50. The van der Waals surface area contributed by atoms with Crippen LogP contribution in [0.5, 0.6) is 0 Å². The van der Waals surface area contributed by atoms with Crippen LogP contribution in [-0.2, 0) is 24.1 Å². The van der Waals surface area contributed by atoms with Gasteiger partial charge in [-0.1, -0.05) is 29.8 Å². The molecule has 2 aromatic heterocycles. The normalized spacial score (nSPS) is 11.6. The Bertz CT molecular complexity index is 969. The van der Waals surface area contributed by atoms with Gasteiger partial charge >= 0.3 is 6.18 Å². The van der Waals surface area contributed by atoms with Crippen molar-refractivity contribution in [2.75, 3.05) is 5.32 Å². The highest BCUT2D eigenvalue weighted by molar-refractivity contribution is 9.10. The Balaban J connectivity index is 1.65. The minimum atomic E-state index is -4.55. The summed E-state index contributed by atoms with van der Waals surface area (Å²) in [6, 6.07) is 8.09. The van der Waals surface area contributed by atoms with Crippen LogP contribution in [0.1, 0.15) is 11.3 Å². The first-order valence-electron chi connectivity index (χ1n) is 7.59. The van der Waals surface area contributed by atoms with Crippen molar-refractivity contribution < 1.29 is 18.0 Å². The van der Waals surface area contributed by atoms with Gasteiger partial charge in [0, 0.05) is 17.4 Å². The first-order chi connectivity index (χ1) is 12.7. The number of aromatic nitrogens is 4. The second-order valence-corrected chi connectivity index (χ2v) is 6.82. The summed E-state index contributed by atoms with van der Waals surface area (Å²) in [5.74, 6) is -0.314. The fourth-order valence-electron chi connectivity index (χ4n) is 2.28. The molecule has 1 amide bonds. The minimum Gasteiger partial charge on any atom is -0.307 e. The van der Waals surface area contributed by atoms with Crippen molar-refractivity contribution in [3.63, 3.8) is 0 Å². The van der Waals surface area contributed by atoms with Gasteiger partial charge in [0.15, 0.2) is 11.5 Å². The largest absolute Gasteiger partial charge is 0.435 e. The smallest absolute Gasteiger partial charge is 0.307 e. The molecule has 0 aliphatic carbocycles. The molecule has 0 spiro atoms. The van der Waals surface area contributed by atoms with Gasteiger partial charge in [-0.15, -0.1) is 0 Å². The summed E-state index contributed by atoms with van der Waals surface area (Å²) in [6.07, 6.45) is -1.80. The topological polar surface area (TPSA) is 64.7 Å². The average molecular weight is 463 g/mol. The Labute approximate surface area is 165 Å². The summed E-state index contributed by atoms with van der Waals surface area (Å²) < 4.78 is 40.6. The van der Waals surface area contributed by atoms with Gasteiger partial charge in [-0.3, -0.25) is 14.2 Å². The van der Waals surface area contributed by atoms with Crippen LogP contribution in [0.2, 0.25) is 5.02 Å². The van der Waals surface area contributed by atoms with E-state index in [-0.39, 0.29) is 12.4 Å². The van der Waals surface area contributed by atoms with Crippen molar-refractivity contribution >= 4 is 39.3 Å². The van der Waals surface area contributed by atoms with Crippen molar-refractivity contribution in [2.45, 2.75) is 19.3 Å². The Kier molecular flexibility index (Phi) is 5.56. The van der Waals surface area contributed by atoms with Crippen LogP contribution in [0.3, 0.4) is 0 Å². The summed E-state index contributed by atoms with van der Waals surface area (Å²) in [6.45, 7) is 0.0160. The van der Waals surface area contributed by atoms with Gasteiger partial charge in [0.25, 0.3) is 0 Å². The van der Waals surface area contributed by atoms with Crippen LogP contribution in [0.15, 0.2) is 47.2 Å². The maximum atomic E-state index is 12.5. The van der Waals surface area contributed by atoms with Gasteiger partial charge in [0.1, 0.15) is 6.54 Å². The third kappa shape index (κ3) is 4.89. The van der Waals surface area contributed by atoms with Crippen molar-refractivity contribution in [3.8, 4) is 0 Å². The van der Waals surface area contributed by atoms with E-state index >= 15 is 0 Å². The van der Waals surface area contributed by atoms with Crippen LogP contribution in [0, 0.1) is 0 Å². The van der Waals surface area contributed by atoms with E-state index in [1.54, 1.807) is 16.9 Å². The average Bonchev–Trinajstić information content (AvgIpc) is 3.17. The predicted molar refractivity (Wildman–Crippen MR) is 96.3 cm³/mol. The molecule has 0 radical (unpaired) electrons. The molecule has 0 saturated carbocycles. The summed E-state index contributed by atoms with van der Waals surface area (Å²) in [5.41, 5.74) is -0.205. The molecular formula is C16H12BrClF3N5O. The number of hydrogen-bond acceptors (Lipinski definition) is 3. The molecule has 142 valence electrons. The molecule has 1 N–H and O–H groups in total. The van der Waals surface area contributed by atoms with Gasteiger partial charge in [-0.2, -0.15) is 23.4 Å². The van der Waals surface area contributed by atoms with E-state index in [0.29, 0.717) is 16.0 Å². The molecule has 0 fully saturated rings. The van der Waals surface area contributed by atoms with E-state index < -0.39 is 17.8 Å². The van der Waals surface area contributed by atoms with E-state index in [9.17, 15) is 18.0 Å². The van der Waals surface area contributed by atoms with E-state index in [4.69, 9.17) is 11.6 Å². The molecule has 1 aromatic carbocycles. The lowest BCUT2D eigenvalue weighted by Crippen LogP contribution is -2.20. The van der Waals surface area contributed by atoms with Gasteiger partial charge < -0.3 is 5.32 Å². The predicted octanol–water partition coefficient (Wildman–Crippen LogP) is 4.20. The zero-order valence-corrected chi connectivity index (χ0v) is 15.9. The number of carbonyl (C=O) groups is 1. The Hall–Kier alpha value is -2.33. The summed E-state index contributed by atoms with van der Waals surface area (Å²) in [4.78, 5) is 12.1. The lowest BCUT2D eigenvalue weighted by Gasteiger charge is -2.05. The number of carbonyl (C=O) groups excluding carboxylic acids is 1. The molecule has 11 heteroatoms. The summed E-state index contributed by atoms with van der Waals surface area (Å²) in [7, 11) is 0. The number of nitrogens with zero attached hydrogens (tertiary/aromatic N) is 4. The van der Waals surface area contributed by atoms with Gasteiger partial charge in [-0.05, 0) is 33.6 Å². The van der Waals surface area contributed by atoms with E-state index in [1.165, 1.54) is 0 Å². The molecule has 27 heavy (non-hydrogen) atoms. The van der Waals surface area contributed by atoms with Gasteiger partial charge in [0.05, 0.1) is 11.0 Å². The fraction of sp³-hybridized carbons (Fsp3) is 0.188. The quantitative estimate of drug-likeness (QED) is 0.618. The van der Waals surface area contributed by atoms with Crippen LogP contribution in [-0.4, -0.2) is 25.5 Å². The third-order valence-corrected chi connectivity index (χ3v) is 4.45. The molecule has 0 aliphatic heterocycles. The van der Waals surface area contributed by atoms with Crippen molar-refractivity contribution in [2.24, 2.45) is 0 Å². The number of rotatable bonds is 5. The Morgan fingerprint density at radius 1 is 1.19 bits per heavy atom. The number of halogens is 5. The second-order valence-electron chi connectivity index (χ2n) is 5.56. The highest BCUT2D eigenvalue weighted by Crippen LogP contribution is 2.27. The number of hydrogen-bond donors (Lipinski definition) is 1. The Morgan fingerprint density at radius 3 is 2.59 bits per heavy atom. The first-order valence-corrected chi connectivity index (χ1v) is 8.76. The Morgan fingerprint density at radius 2 is 1.93 bits per heavy atom. The maximum absolute atomic E-state index is 12.5. The zero-order chi connectivity index (χ0) is 19.6. The monoisotopic (exact) mass is 461 g/mol. The minimum absolute atomic E-state index is 0.246. The lowest BCUT2D eigenvalue weighted by atomic mass is 10.2. The highest BCUT2D eigenvalue weighted by atomic mass is 79.9. The molecule has 3 rings (SSSR count). The molecule has 2 heterocycles. The van der Waals surface area contributed by atoms with Crippen molar-refractivity contribution in [1.29, 1.82) is 0 Å². The number of alkyl halides is 3. The molecule has 0 bridgehead atoms. The number of benzene rings is 1. The first kappa shape index (κ1) is 19.4. The van der Waals surface area contributed by atoms with Crippen LogP contribution in [0.25, 0.3) is 0 Å². The van der Waals surface area contributed by atoms with E-state index in [1.807, 2.05) is 18.2 Å². The molecular weight excluding hydrogens is 451 g/mol. The molecule has 6 nitrogen and oxygen atoms in total. The molecule has 0 atom stereocenters. The molecule has 0 unspecified atom stereocenters. The number of anilines is 1. The fourth-order valence-corrected chi connectivity index (χ4v) is 2.89. The standard InChI is InChI=1S/C16H12BrClF3N5O/c17-11-8-26(7-10-3-1-2-4-12(10)18)24-15(11)22-14(27)9-25-6-5-13(23-25)16(19,20)21/h1-6,8H,7,9H2,(H,22,24,27). The van der Waals surface area contributed by atoms with E-state index in [2.05, 4.69) is 31.4 Å². The number of nitrogens with one attached hydrogen (secondary N) is 1. The van der Waals surface area contributed by atoms with Crippen molar-refractivity contribution in [1.82, 2.24) is 19.6 Å². The van der Waals surface area contributed by atoms with Gasteiger partial charge in [-0.25, -0.2) is 0 Å². The molecule has 0 aliphatic rings. The second kappa shape index (κ2) is 7.73. The van der Waals surface area contributed by atoms with Gasteiger partial charge in [0.2, 0.25) is 5.91 Å². The van der Waals surface area contributed by atoms with Crippen LogP contribution in [0.4, 0.5) is 19.0 Å². The zero-order valence-electron chi connectivity index (χ0n) is 13.5.